The number of piperidine rings is 1. The van der Waals surface area contributed by atoms with Crippen molar-refractivity contribution >= 4 is 11.3 Å². The average molecular weight is 277 g/mol. The molecule has 0 saturated carbocycles. The summed E-state index contributed by atoms with van der Waals surface area (Å²) in [5.41, 5.74) is 2.24. The average Bonchev–Trinajstić information content (AvgIpc) is 2.81. The maximum absolute atomic E-state index is 2.67. The van der Waals surface area contributed by atoms with Crippen LogP contribution in [0.15, 0.2) is 6.07 Å². The molecule has 0 N–H and O–H groups in total. The molecule has 1 fully saturated rings. The Morgan fingerprint density at radius 1 is 1.32 bits per heavy atom. The smallest absolute Gasteiger partial charge is 0.0146 e. The summed E-state index contributed by atoms with van der Waals surface area (Å²) in [6.45, 7) is 10.9. The molecule has 1 saturated heterocycles. The zero-order chi connectivity index (χ0) is 13.5. The van der Waals surface area contributed by atoms with Crippen LogP contribution in [0.2, 0.25) is 0 Å². The van der Waals surface area contributed by atoms with Crippen LogP contribution in [0.1, 0.15) is 67.2 Å². The molecule has 0 radical (unpaired) electrons. The van der Waals surface area contributed by atoms with Gasteiger partial charge in [0.1, 0.15) is 0 Å². The van der Waals surface area contributed by atoms with Gasteiger partial charge in [-0.3, -0.25) is 0 Å². The van der Waals surface area contributed by atoms with E-state index < -0.39 is 0 Å². The summed E-state index contributed by atoms with van der Waals surface area (Å²) in [4.78, 5) is 5.96. The molecule has 0 aromatic carbocycles. The fourth-order valence-electron chi connectivity index (χ4n) is 4.07. The molecule has 1 aliphatic heterocycles. The molecule has 1 unspecified atom stereocenters. The van der Waals surface area contributed by atoms with Gasteiger partial charge >= 0.3 is 0 Å². The number of likely N-dealkylation sites (tertiary alicyclic amines) is 1. The molecule has 0 amide bonds. The first-order valence-electron chi connectivity index (χ1n) is 7.98. The van der Waals surface area contributed by atoms with Crippen LogP contribution in [0.4, 0.5) is 0 Å². The first-order valence-corrected chi connectivity index (χ1v) is 8.79. The normalized spacial score (nSPS) is 26.6. The van der Waals surface area contributed by atoms with Crippen molar-refractivity contribution in [2.24, 2.45) is 0 Å². The van der Waals surface area contributed by atoms with E-state index in [2.05, 4.69) is 43.1 Å². The number of rotatable bonds is 2. The molecule has 2 aliphatic rings. The Hall–Kier alpha value is -0.340. The van der Waals surface area contributed by atoms with Gasteiger partial charge < -0.3 is 4.90 Å². The lowest BCUT2D eigenvalue weighted by molar-refractivity contribution is 0.145. The third-order valence-corrected chi connectivity index (χ3v) is 6.62. The minimum Gasteiger partial charge on any atom is -0.303 e. The lowest BCUT2D eigenvalue weighted by Crippen LogP contribution is -2.44. The number of thiophene rings is 1. The highest BCUT2D eigenvalue weighted by Gasteiger charge is 2.42. The molecular formula is C17H27NS. The topological polar surface area (TPSA) is 3.24 Å². The van der Waals surface area contributed by atoms with Crippen LogP contribution in [0.25, 0.3) is 0 Å². The summed E-state index contributed by atoms with van der Waals surface area (Å²) in [5, 5.41) is 0. The largest absolute Gasteiger partial charge is 0.303 e. The Labute approximate surface area is 122 Å². The van der Waals surface area contributed by atoms with Gasteiger partial charge in [0.05, 0.1) is 0 Å². The Balaban J connectivity index is 1.84. The van der Waals surface area contributed by atoms with Crippen molar-refractivity contribution in [1.29, 1.82) is 0 Å². The third kappa shape index (κ3) is 2.38. The third-order valence-electron chi connectivity index (χ3n) is 5.31. The molecule has 2 heteroatoms. The number of hydrogen-bond donors (Lipinski definition) is 0. The van der Waals surface area contributed by atoms with Crippen molar-refractivity contribution in [3.63, 3.8) is 0 Å². The molecule has 1 aromatic heterocycles. The van der Waals surface area contributed by atoms with Crippen LogP contribution in [-0.2, 0) is 5.41 Å². The maximum atomic E-state index is 2.67. The Kier molecular flexibility index (Phi) is 3.74. The van der Waals surface area contributed by atoms with Crippen molar-refractivity contribution in [1.82, 2.24) is 4.90 Å². The first kappa shape index (κ1) is 13.6. The molecule has 1 aliphatic carbocycles. The predicted octanol–water partition coefficient (Wildman–Crippen LogP) is 4.70. The van der Waals surface area contributed by atoms with Gasteiger partial charge in [0.15, 0.2) is 0 Å². The molecular weight excluding hydrogens is 250 g/mol. The SMILES string of the molecule is CCCN1CCC2(CCC(C)c3cc(C)sc32)CC1. The lowest BCUT2D eigenvalue weighted by atomic mass is 9.66. The van der Waals surface area contributed by atoms with Gasteiger partial charge in [0, 0.05) is 15.2 Å². The summed E-state index contributed by atoms with van der Waals surface area (Å²) >= 11 is 2.10. The quantitative estimate of drug-likeness (QED) is 0.757. The van der Waals surface area contributed by atoms with E-state index >= 15 is 0 Å². The molecule has 106 valence electrons. The molecule has 0 bridgehead atoms. The van der Waals surface area contributed by atoms with Gasteiger partial charge in [0.25, 0.3) is 0 Å². The van der Waals surface area contributed by atoms with E-state index in [1.807, 2.05) is 0 Å². The molecule has 1 spiro atoms. The summed E-state index contributed by atoms with van der Waals surface area (Å²) in [7, 11) is 0. The molecule has 3 rings (SSSR count). The van der Waals surface area contributed by atoms with Crippen LogP contribution in [0, 0.1) is 6.92 Å². The summed E-state index contributed by atoms with van der Waals surface area (Å²) in [5.74, 6) is 0.791. The van der Waals surface area contributed by atoms with Crippen LogP contribution in [0.5, 0.6) is 0 Å². The van der Waals surface area contributed by atoms with Crippen molar-refractivity contribution in [3.8, 4) is 0 Å². The molecule has 2 heterocycles. The van der Waals surface area contributed by atoms with Gasteiger partial charge in [-0.1, -0.05) is 13.8 Å². The Morgan fingerprint density at radius 3 is 2.74 bits per heavy atom. The second-order valence-corrected chi connectivity index (χ2v) is 7.96. The Bertz CT molecular complexity index is 440. The van der Waals surface area contributed by atoms with E-state index in [1.54, 1.807) is 10.4 Å². The van der Waals surface area contributed by atoms with E-state index in [0.29, 0.717) is 5.41 Å². The van der Waals surface area contributed by atoms with Gasteiger partial charge in [0.2, 0.25) is 0 Å². The van der Waals surface area contributed by atoms with Gasteiger partial charge in [-0.15, -0.1) is 11.3 Å². The van der Waals surface area contributed by atoms with Crippen molar-refractivity contribution < 1.29 is 0 Å². The predicted molar refractivity (Wildman–Crippen MR) is 84.3 cm³/mol. The standard InChI is InChI=1S/C17H27NS/c1-4-9-18-10-7-17(8-11-18)6-5-13(2)15-12-14(3)19-16(15)17/h12-13H,4-11H2,1-3H3. The highest BCUT2D eigenvalue weighted by Crippen LogP contribution is 2.51. The van der Waals surface area contributed by atoms with Crippen molar-refractivity contribution in [2.75, 3.05) is 19.6 Å². The zero-order valence-corrected chi connectivity index (χ0v) is 13.5. The zero-order valence-electron chi connectivity index (χ0n) is 12.7. The summed E-state index contributed by atoms with van der Waals surface area (Å²) in [6.07, 6.45) is 6.92. The van der Waals surface area contributed by atoms with Crippen LogP contribution >= 0.6 is 11.3 Å². The summed E-state index contributed by atoms with van der Waals surface area (Å²) in [6, 6.07) is 2.48. The summed E-state index contributed by atoms with van der Waals surface area (Å²) < 4.78 is 0. The van der Waals surface area contributed by atoms with Crippen LogP contribution in [-0.4, -0.2) is 24.5 Å². The van der Waals surface area contributed by atoms with E-state index in [1.165, 1.54) is 56.6 Å². The van der Waals surface area contributed by atoms with Gasteiger partial charge in [-0.05, 0) is 76.2 Å². The van der Waals surface area contributed by atoms with Crippen LogP contribution in [0.3, 0.4) is 0 Å². The van der Waals surface area contributed by atoms with Gasteiger partial charge in [-0.2, -0.15) is 0 Å². The molecule has 19 heavy (non-hydrogen) atoms. The fraction of sp³-hybridized carbons (Fsp3) is 0.765. The van der Waals surface area contributed by atoms with Gasteiger partial charge in [-0.25, -0.2) is 0 Å². The second kappa shape index (κ2) is 5.21. The van der Waals surface area contributed by atoms with E-state index in [0.717, 1.165) is 5.92 Å². The van der Waals surface area contributed by atoms with Crippen molar-refractivity contribution in [2.45, 2.75) is 64.2 Å². The highest BCUT2D eigenvalue weighted by atomic mass is 32.1. The first-order chi connectivity index (χ1) is 9.14. The van der Waals surface area contributed by atoms with E-state index in [4.69, 9.17) is 0 Å². The Morgan fingerprint density at radius 2 is 2.05 bits per heavy atom. The number of nitrogens with zero attached hydrogens (tertiary/aromatic N) is 1. The maximum Gasteiger partial charge on any atom is 0.0146 e. The number of aryl methyl sites for hydroxylation is 1. The van der Waals surface area contributed by atoms with E-state index in [9.17, 15) is 0 Å². The number of hydrogen-bond acceptors (Lipinski definition) is 2. The van der Waals surface area contributed by atoms with Crippen molar-refractivity contribution in [3.05, 3.63) is 21.4 Å². The molecule has 1 atom stereocenters. The van der Waals surface area contributed by atoms with Crippen LogP contribution < -0.4 is 0 Å². The van der Waals surface area contributed by atoms with E-state index in [-0.39, 0.29) is 0 Å². The minimum atomic E-state index is 0.547. The minimum absolute atomic E-state index is 0.547. The number of fused-ring (bicyclic) bond motifs is 2. The highest BCUT2D eigenvalue weighted by molar-refractivity contribution is 7.12. The fourth-order valence-corrected chi connectivity index (χ4v) is 5.48. The molecule has 1 aromatic rings. The molecule has 1 nitrogen and oxygen atoms in total. The lowest BCUT2D eigenvalue weighted by Gasteiger charge is -2.45. The second-order valence-electron chi connectivity index (χ2n) is 6.70. The monoisotopic (exact) mass is 277 g/mol.